The van der Waals surface area contributed by atoms with Crippen LogP contribution in [-0.4, -0.2) is 15.2 Å². The number of halogens is 1. The summed E-state index contributed by atoms with van der Waals surface area (Å²) < 4.78 is 11.4. The number of nitrogens with zero attached hydrogens (tertiary/aromatic N) is 2. The van der Waals surface area contributed by atoms with Crippen LogP contribution in [0.1, 0.15) is 0 Å². The van der Waals surface area contributed by atoms with Crippen LogP contribution in [0.25, 0.3) is 22.6 Å². The predicted molar refractivity (Wildman–Crippen MR) is 89.4 cm³/mol. The minimum Gasteiger partial charge on any atom is -0.436 e. The number of ether oxygens (including phenoxy) is 1. The quantitative estimate of drug-likeness (QED) is 0.609. The van der Waals surface area contributed by atoms with E-state index in [-0.39, 0.29) is 11.0 Å². The zero-order chi connectivity index (χ0) is 16.5. The first-order valence-corrected chi connectivity index (χ1v) is 7.46. The molecule has 7 heteroatoms. The number of H-pyrrole nitrogens is 1. The van der Waals surface area contributed by atoms with Crippen molar-refractivity contribution in [2.24, 2.45) is 0 Å². The van der Waals surface area contributed by atoms with Crippen LogP contribution in [0.5, 0.6) is 11.6 Å². The van der Waals surface area contributed by atoms with Crippen LogP contribution in [0.4, 0.5) is 0 Å². The fourth-order valence-corrected chi connectivity index (χ4v) is 2.41. The average molecular weight is 340 g/mol. The molecular formula is C17H10ClN3O3. The molecule has 0 unspecified atom stereocenters. The molecule has 0 fully saturated rings. The lowest BCUT2D eigenvalue weighted by Crippen LogP contribution is -2.07. The lowest BCUT2D eigenvalue weighted by molar-refractivity contribution is 0.449. The third-order valence-electron chi connectivity index (χ3n) is 3.35. The fourth-order valence-electron chi connectivity index (χ4n) is 2.27. The van der Waals surface area contributed by atoms with Crippen LogP contribution in [0.3, 0.4) is 0 Å². The molecule has 0 spiro atoms. The molecule has 0 atom stereocenters. The highest BCUT2D eigenvalue weighted by atomic mass is 35.5. The van der Waals surface area contributed by atoms with Gasteiger partial charge in [-0.15, -0.1) is 5.10 Å². The summed E-state index contributed by atoms with van der Waals surface area (Å²) in [6, 6.07) is 15.8. The number of oxazole rings is 1. The number of fused-ring (bicyclic) bond motifs is 1. The Morgan fingerprint density at radius 2 is 1.88 bits per heavy atom. The van der Waals surface area contributed by atoms with Crippen molar-refractivity contribution in [2.45, 2.75) is 0 Å². The van der Waals surface area contributed by atoms with E-state index < -0.39 is 5.43 Å². The minimum atomic E-state index is -0.425. The first-order valence-electron chi connectivity index (χ1n) is 7.09. The number of benzene rings is 2. The number of nitrogens with one attached hydrogen (secondary N) is 1. The molecule has 0 aliphatic carbocycles. The van der Waals surface area contributed by atoms with Crippen LogP contribution in [0.2, 0.25) is 5.15 Å². The second-order valence-electron chi connectivity index (χ2n) is 4.97. The number of para-hydroxylation sites is 3. The summed E-state index contributed by atoms with van der Waals surface area (Å²) in [7, 11) is 0. The highest BCUT2D eigenvalue weighted by Crippen LogP contribution is 2.33. The summed E-state index contributed by atoms with van der Waals surface area (Å²) in [5.74, 6) is 0.699. The van der Waals surface area contributed by atoms with Gasteiger partial charge in [0, 0.05) is 6.07 Å². The summed E-state index contributed by atoms with van der Waals surface area (Å²) in [6.45, 7) is 0. The highest BCUT2D eigenvalue weighted by Gasteiger charge is 2.15. The van der Waals surface area contributed by atoms with Crippen molar-refractivity contribution in [1.82, 2.24) is 15.2 Å². The van der Waals surface area contributed by atoms with Crippen molar-refractivity contribution in [1.29, 1.82) is 0 Å². The van der Waals surface area contributed by atoms with Gasteiger partial charge in [0.2, 0.25) is 11.3 Å². The van der Waals surface area contributed by atoms with Gasteiger partial charge >= 0.3 is 0 Å². The van der Waals surface area contributed by atoms with Crippen LogP contribution < -0.4 is 10.2 Å². The Kier molecular flexibility index (Phi) is 3.51. The van der Waals surface area contributed by atoms with E-state index in [0.717, 1.165) is 5.52 Å². The van der Waals surface area contributed by atoms with Crippen LogP contribution >= 0.6 is 11.6 Å². The zero-order valence-corrected chi connectivity index (χ0v) is 12.9. The van der Waals surface area contributed by atoms with Crippen molar-refractivity contribution >= 4 is 22.7 Å². The molecule has 0 aliphatic heterocycles. The topological polar surface area (TPSA) is 81.0 Å². The van der Waals surface area contributed by atoms with Gasteiger partial charge in [-0.05, 0) is 24.3 Å². The Balaban J connectivity index is 1.79. The van der Waals surface area contributed by atoms with Gasteiger partial charge in [-0.3, -0.25) is 9.89 Å². The van der Waals surface area contributed by atoms with E-state index in [9.17, 15) is 4.79 Å². The Morgan fingerprint density at radius 1 is 1.08 bits per heavy atom. The highest BCUT2D eigenvalue weighted by molar-refractivity contribution is 6.29. The molecule has 118 valence electrons. The summed E-state index contributed by atoms with van der Waals surface area (Å²) in [4.78, 5) is 16.3. The molecule has 0 radical (unpaired) electrons. The Labute approximate surface area is 140 Å². The second kappa shape index (κ2) is 5.82. The van der Waals surface area contributed by atoms with Gasteiger partial charge in [0.25, 0.3) is 5.88 Å². The van der Waals surface area contributed by atoms with E-state index >= 15 is 0 Å². The number of aromatic amines is 1. The van der Waals surface area contributed by atoms with E-state index in [1.165, 1.54) is 6.07 Å². The minimum absolute atomic E-state index is 0.108. The summed E-state index contributed by atoms with van der Waals surface area (Å²) in [5, 5.41) is 6.44. The molecule has 2 heterocycles. The molecule has 2 aromatic carbocycles. The van der Waals surface area contributed by atoms with Crippen molar-refractivity contribution in [3.8, 4) is 23.1 Å². The fraction of sp³-hybridized carbons (Fsp3) is 0. The van der Waals surface area contributed by atoms with Gasteiger partial charge in [-0.2, -0.15) is 0 Å². The maximum absolute atomic E-state index is 11.9. The maximum Gasteiger partial charge on any atom is 0.285 e. The third kappa shape index (κ3) is 2.63. The lowest BCUT2D eigenvalue weighted by Gasteiger charge is -2.07. The molecule has 6 nitrogen and oxygen atoms in total. The van der Waals surface area contributed by atoms with Gasteiger partial charge in [0.15, 0.2) is 5.58 Å². The van der Waals surface area contributed by atoms with Crippen LogP contribution in [0, 0.1) is 0 Å². The second-order valence-corrected chi connectivity index (χ2v) is 5.38. The molecule has 4 rings (SSSR count). The van der Waals surface area contributed by atoms with E-state index in [1.54, 1.807) is 18.2 Å². The first-order chi connectivity index (χ1) is 11.7. The van der Waals surface area contributed by atoms with Gasteiger partial charge in [0.1, 0.15) is 16.4 Å². The molecule has 0 saturated heterocycles. The molecule has 0 saturated carbocycles. The van der Waals surface area contributed by atoms with Gasteiger partial charge in [-0.25, -0.2) is 4.98 Å². The molecule has 4 aromatic rings. The summed E-state index contributed by atoms with van der Waals surface area (Å²) in [6.07, 6.45) is 0. The van der Waals surface area contributed by atoms with E-state index in [1.807, 2.05) is 30.3 Å². The van der Waals surface area contributed by atoms with Crippen molar-refractivity contribution in [3.63, 3.8) is 0 Å². The molecular weight excluding hydrogens is 330 g/mol. The van der Waals surface area contributed by atoms with Gasteiger partial charge < -0.3 is 9.15 Å². The van der Waals surface area contributed by atoms with Crippen molar-refractivity contribution in [2.75, 3.05) is 0 Å². The van der Waals surface area contributed by atoms with Crippen LogP contribution in [-0.2, 0) is 0 Å². The van der Waals surface area contributed by atoms with E-state index in [4.69, 9.17) is 20.8 Å². The van der Waals surface area contributed by atoms with E-state index in [0.29, 0.717) is 22.8 Å². The number of hydrogen-bond acceptors (Lipinski definition) is 5. The molecule has 0 amide bonds. The molecule has 1 N–H and O–H groups in total. The molecule has 0 bridgehead atoms. The molecule has 0 aliphatic rings. The summed E-state index contributed by atoms with van der Waals surface area (Å²) in [5.41, 5.74) is 1.60. The first kappa shape index (κ1) is 14.5. The van der Waals surface area contributed by atoms with E-state index in [2.05, 4.69) is 15.2 Å². The normalized spacial score (nSPS) is 10.9. The third-order valence-corrected chi connectivity index (χ3v) is 3.54. The van der Waals surface area contributed by atoms with Crippen LogP contribution in [0.15, 0.2) is 63.8 Å². The number of hydrogen-bond donors (Lipinski definition) is 1. The SMILES string of the molecule is O=c1cc(Cl)[nH]nc1Oc1ccccc1-c1nc2ccccc2o1. The Bertz CT molecular complexity index is 1050. The van der Waals surface area contributed by atoms with Gasteiger partial charge in [-0.1, -0.05) is 35.9 Å². The van der Waals surface area contributed by atoms with Gasteiger partial charge in [0.05, 0.1) is 5.56 Å². The number of aromatic nitrogens is 3. The maximum atomic E-state index is 11.9. The monoisotopic (exact) mass is 339 g/mol. The van der Waals surface area contributed by atoms with Crippen molar-refractivity contribution in [3.05, 3.63) is 70.0 Å². The Morgan fingerprint density at radius 3 is 2.71 bits per heavy atom. The number of rotatable bonds is 3. The zero-order valence-electron chi connectivity index (χ0n) is 12.2. The average Bonchev–Trinajstić information content (AvgIpc) is 3.02. The molecule has 2 aromatic heterocycles. The van der Waals surface area contributed by atoms with Crippen molar-refractivity contribution < 1.29 is 9.15 Å². The lowest BCUT2D eigenvalue weighted by atomic mass is 10.2. The molecule has 24 heavy (non-hydrogen) atoms. The smallest absolute Gasteiger partial charge is 0.285 e. The predicted octanol–water partition coefficient (Wildman–Crippen LogP) is 4.02. The Hall–Kier alpha value is -3.12. The summed E-state index contributed by atoms with van der Waals surface area (Å²) >= 11 is 5.69. The standard InChI is InChI=1S/C17H10ClN3O3/c18-15-9-12(22)17(21-20-15)23-13-7-3-1-5-10(13)16-19-11-6-2-4-8-14(11)24-16/h1-9H,(H,20,22). The largest absolute Gasteiger partial charge is 0.436 e.